The molecule has 0 fully saturated rings. The summed E-state index contributed by atoms with van der Waals surface area (Å²) < 4.78 is 3.58. The summed E-state index contributed by atoms with van der Waals surface area (Å²) in [4.78, 5) is 13.5. The van der Waals surface area contributed by atoms with Gasteiger partial charge in [0.1, 0.15) is 5.78 Å². The SMILES string of the molecule is C#CCCO.C[Si](C)(CC(=O)CCl)N=[N+]=[N-].Cl. The van der Waals surface area contributed by atoms with Gasteiger partial charge in [0.05, 0.1) is 12.5 Å². The number of carbonyl (C=O) groups excluding carboxylic acids is 1. The molecule has 0 atom stereocenters. The Hall–Kier alpha value is -0.703. The van der Waals surface area contributed by atoms with E-state index in [1.54, 1.807) is 0 Å². The first-order chi connectivity index (χ1) is 7.43. The minimum absolute atomic E-state index is 0. The minimum atomic E-state index is -2.01. The van der Waals surface area contributed by atoms with Gasteiger partial charge < -0.3 is 5.11 Å². The van der Waals surface area contributed by atoms with Crippen LogP contribution in [0.15, 0.2) is 4.78 Å². The van der Waals surface area contributed by atoms with Crippen molar-refractivity contribution in [2.75, 3.05) is 12.5 Å². The van der Waals surface area contributed by atoms with E-state index in [4.69, 9.17) is 28.7 Å². The number of azide groups is 1. The van der Waals surface area contributed by atoms with Crippen LogP contribution >= 0.6 is 24.0 Å². The van der Waals surface area contributed by atoms with Gasteiger partial charge in [-0.05, 0) is 10.4 Å². The van der Waals surface area contributed by atoms with Gasteiger partial charge in [0.2, 0.25) is 0 Å². The zero-order chi connectivity index (χ0) is 13.0. The number of Topliss-reactive ketones (excluding diaryl/α,β-unsaturated/α-hetero) is 1. The molecule has 1 N–H and O–H groups in total. The molecule has 17 heavy (non-hydrogen) atoms. The number of alkyl halides is 1. The fourth-order valence-electron chi connectivity index (χ4n) is 0.751. The lowest BCUT2D eigenvalue weighted by atomic mass is 10.5. The van der Waals surface area contributed by atoms with Crippen molar-refractivity contribution in [2.45, 2.75) is 25.6 Å². The quantitative estimate of drug-likeness (QED) is 0.211. The zero-order valence-electron chi connectivity index (χ0n) is 9.89. The average molecular weight is 298 g/mol. The molecule has 0 aromatic carbocycles. The summed E-state index contributed by atoms with van der Waals surface area (Å²) in [6.07, 6.45) is 5.20. The van der Waals surface area contributed by atoms with E-state index in [0.717, 1.165) is 0 Å². The van der Waals surface area contributed by atoms with Crippen LogP contribution in [0.25, 0.3) is 10.4 Å². The number of halogens is 2. The van der Waals surface area contributed by atoms with Gasteiger partial charge in [0, 0.05) is 12.5 Å². The number of terminal acetylenes is 1. The minimum Gasteiger partial charge on any atom is -0.395 e. The van der Waals surface area contributed by atoms with E-state index < -0.39 is 8.24 Å². The number of ketones is 1. The van der Waals surface area contributed by atoms with E-state index in [1.165, 1.54) is 0 Å². The molecule has 0 aliphatic heterocycles. The molecule has 0 aliphatic rings. The number of hydrogen-bond donors (Lipinski definition) is 1. The molecule has 0 bridgehead atoms. The Morgan fingerprint density at radius 3 is 2.41 bits per heavy atom. The molecular formula is C9H17Cl2N3O2Si. The second-order valence-electron chi connectivity index (χ2n) is 3.53. The highest BCUT2D eigenvalue weighted by molar-refractivity contribution is 6.78. The maximum Gasteiger partial charge on any atom is 0.157 e. The fourth-order valence-corrected chi connectivity index (χ4v) is 2.41. The summed E-state index contributed by atoms with van der Waals surface area (Å²) in [5.41, 5.74) is 8.14. The van der Waals surface area contributed by atoms with Crippen LogP contribution in [-0.4, -0.2) is 31.6 Å². The molecule has 0 saturated heterocycles. The predicted octanol–water partition coefficient (Wildman–Crippen LogP) is 2.73. The van der Waals surface area contributed by atoms with E-state index in [2.05, 4.69) is 15.6 Å². The van der Waals surface area contributed by atoms with E-state index in [-0.39, 0.29) is 30.7 Å². The van der Waals surface area contributed by atoms with Crippen molar-refractivity contribution in [1.82, 2.24) is 0 Å². The maximum atomic E-state index is 10.8. The van der Waals surface area contributed by atoms with Crippen molar-refractivity contribution in [1.29, 1.82) is 0 Å². The molecule has 0 aromatic heterocycles. The molecular weight excluding hydrogens is 281 g/mol. The van der Waals surface area contributed by atoms with Crippen molar-refractivity contribution >= 4 is 38.0 Å². The Labute approximate surface area is 114 Å². The number of rotatable bonds is 5. The topological polar surface area (TPSA) is 86.1 Å². The van der Waals surface area contributed by atoms with E-state index in [9.17, 15) is 4.79 Å². The van der Waals surface area contributed by atoms with Crippen LogP contribution in [0.1, 0.15) is 6.42 Å². The second kappa shape index (κ2) is 13.4. The van der Waals surface area contributed by atoms with Crippen LogP contribution in [0.5, 0.6) is 0 Å². The van der Waals surface area contributed by atoms with E-state index >= 15 is 0 Å². The third kappa shape index (κ3) is 17.9. The highest BCUT2D eigenvalue weighted by Gasteiger charge is 2.22. The third-order valence-corrected chi connectivity index (χ3v) is 3.54. The molecule has 98 valence electrons. The van der Waals surface area contributed by atoms with Crippen molar-refractivity contribution < 1.29 is 9.90 Å². The van der Waals surface area contributed by atoms with Gasteiger partial charge in [-0.3, -0.25) is 4.79 Å². The molecule has 0 aromatic rings. The van der Waals surface area contributed by atoms with Gasteiger partial charge in [-0.15, -0.1) is 41.1 Å². The first kappa shape index (κ1) is 21.6. The number of nitrogens with zero attached hydrogens (tertiary/aromatic N) is 3. The van der Waals surface area contributed by atoms with E-state index in [1.807, 2.05) is 13.1 Å². The summed E-state index contributed by atoms with van der Waals surface area (Å²) in [6.45, 7) is 3.77. The molecule has 0 unspecified atom stereocenters. The van der Waals surface area contributed by atoms with Crippen LogP contribution in [0.3, 0.4) is 0 Å². The third-order valence-electron chi connectivity index (χ3n) is 1.35. The lowest BCUT2D eigenvalue weighted by Crippen LogP contribution is -2.26. The first-order valence-corrected chi connectivity index (χ1v) is 8.30. The Balaban J connectivity index is -0.000000280. The van der Waals surface area contributed by atoms with Crippen LogP contribution in [0, 0.1) is 12.3 Å². The Morgan fingerprint density at radius 2 is 2.18 bits per heavy atom. The van der Waals surface area contributed by atoms with Crippen molar-refractivity contribution in [3.8, 4) is 12.3 Å². The number of aliphatic hydroxyl groups is 1. The molecule has 0 aliphatic carbocycles. The van der Waals surface area contributed by atoms with Crippen LogP contribution < -0.4 is 0 Å². The van der Waals surface area contributed by atoms with Gasteiger partial charge in [0.15, 0.2) is 8.24 Å². The number of aliphatic hydroxyl groups excluding tert-OH is 1. The number of hydrogen-bond acceptors (Lipinski definition) is 3. The van der Waals surface area contributed by atoms with Crippen molar-refractivity contribution in [3.05, 3.63) is 10.4 Å². The van der Waals surface area contributed by atoms with Crippen LogP contribution in [-0.2, 0) is 4.79 Å². The molecule has 0 spiro atoms. The predicted molar refractivity (Wildman–Crippen MR) is 74.9 cm³/mol. The maximum absolute atomic E-state index is 10.8. The Kier molecular flexibility index (Phi) is 17.0. The largest absolute Gasteiger partial charge is 0.395 e. The second-order valence-corrected chi connectivity index (χ2v) is 7.97. The van der Waals surface area contributed by atoms with E-state index in [0.29, 0.717) is 12.5 Å². The van der Waals surface area contributed by atoms with Gasteiger partial charge >= 0.3 is 0 Å². The normalized spacial score (nSPS) is 8.65. The lowest BCUT2D eigenvalue weighted by molar-refractivity contribution is -0.114. The van der Waals surface area contributed by atoms with Crippen LogP contribution in [0.4, 0.5) is 0 Å². The smallest absolute Gasteiger partial charge is 0.157 e. The molecule has 0 radical (unpaired) electrons. The van der Waals surface area contributed by atoms with Crippen LogP contribution in [0.2, 0.25) is 19.1 Å². The highest BCUT2D eigenvalue weighted by atomic mass is 35.5. The molecule has 8 heteroatoms. The molecule has 0 saturated carbocycles. The van der Waals surface area contributed by atoms with Gasteiger partial charge in [-0.2, -0.15) is 0 Å². The first-order valence-electron chi connectivity index (χ1n) is 4.61. The Bertz CT molecular complexity index is 299. The standard InChI is InChI=1S/C5H10ClN3OSi.C4H6O.ClH/c1-11(2,9-8-7)4-5(10)3-6;1-2-3-4-5;/h3-4H2,1-2H3;1,5H,3-4H2;1H. The molecule has 5 nitrogen and oxygen atoms in total. The molecule has 0 rings (SSSR count). The van der Waals surface area contributed by atoms with Gasteiger partial charge in [0.25, 0.3) is 0 Å². The average Bonchev–Trinajstić information content (AvgIpc) is 2.19. The van der Waals surface area contributed by atoms with Crippen molar-refractivity contribution in [3.63, 3.8) is 0 Å². The Morgan fingerprint density at radius 1 is 1.65 bits per heavy atom. The lowest BCUT2D eigenvalue weighted by Gasteiger charge is -2.11. The zero-order valence-corrected chi connectivity index (χ0v) is 12.5. The monoisotopic (exact) mass is 297 g/mol. The molecule has 0 amide bonds. The summed E-state index contributed by atoms with van der Waals surface area (Å²) >= 11 is 5.30. The summed E-state index contributed by atoms with van der Waals surface area (Å²) in [5.74, 6) is 2.23. The van der Waals surface area contributed by atoms with Gasteiger partial charge in [-0.25, -0.2) is 0 Å². The molecule has 0 heterocycles. The summed E-state index contributed by atoms with van der Waals surface area (Å²) in [5, 5.41) is 7.92. The van der Waals surface area contributed by atoms with Crippen molar-refractivity contribution in [2.24, 2.45) is 4.78 Å². The summed E-state index contributed by atoms with van der Waals surface area (Å²) in [6, 6.07) is 0.334. The van der Waals surface area contributed by atoms with Gasteiger partial charge in [-0.1, -0.05) is 13.1 Å². The number of carbonyl (C=O) groups is 1. The fraction of sp³-hybridized carbons (Fsp3) is 0.667. The highest BCUT2D eigenvalue weighted by Crippen LogP contribution is 2.11. The summed E-state index contributed by atoms with van der Waals surface area (Å²) in [7, 11) is -2.01.